The Balaban J connectivity index is 1.98. The maximum Gasteiger partial charge on any atom is 0.0596 e. The number of ether oxygens (including phenoxy) is 1. The van der Waals surface area contributed by atoms with Crippen molar-refractivity contribution in [3.8, 4) is 0 Å². The quantitative estimate of drug-likeness (QED) is 0.649. The fraction of sp³-hybridized carbons (Fsp3) is 1.00. The second-order valence-electron chi connectivity index (χ2n) is 5.30. The summed E-state index contributed by atoms with van der Waals surface area (Å²) in [5, 5.41) is 0. The second-order valence-corrected chi connectivity index (χ2v) is 5.30. The van der Waals surface area contributed by atoms with Crippen LogP contribution in [0.15, 0.2) is 0 Å². The highest BCUT2D eigenvalue weighted by Gasteiger charge is 2.10. The lowest BCUT2D eigenvalue weighted by atomic mass is 10.1. The van der Waals surface area contributed by atoms with Gasteiger partial charge < -0.3 is 14.5 Å². The van der Waals surface area contributed by atoms with E-state index in [1.807, 2.05) is 0 Å². The van der Waals surface area contributed by atoms with E-state index >= 15 is 0 Å². The average molecular weight is 242 g/mol. The number of piperidine rings is 1. The lowest BCUT2D eigenvalue weighted by molar-refractivity contribution is 0.0487. The van der Waals surface area contributed by atoms with Crippen molar-refractivity contribution in [3.63, 3.8) is 0 Å². The van der Waals surface area contributed by atoms with Gasteiger partial charge in [-0.25, -0.2) is 0 Å². The van der Waals surface area contributed by atoms with Gasteiger partial charge in [-0.15, -0.1) is 0 Å². The molecule has 1 unspecified atom stereocenters. The van der Waals surface area contributed by atoms with Gasteiger partial charge in [-0.2, -0.15) is 0 Å². The van der Waals surface area contributed by atoms with Gasteiger partial charge in [-0.1, -0.05) is 13.3 Å². The van der Waals surface area contributed by atoms with Gasteiger partial charge in [-0.3, -0.25) is 0 Å². The van der Waals surface area contributed by atoms with E-state index in [9.17, 15) is 0 Å². The van der Waals surface area contributed by atoms with Gasteiger partial charge in [0, 0.05) is 19.6 Å². The van der Waals surface area contributed by atoms with Gasteiger partial charge in [-0.05, 0) is 46.3 Å². The van der Waals surface area contributed by atoms with E-state index in [2.05, 4.69) is 30.7 Å². The molecule has 0 N–H and O–H groups in total. The number of likely N-dealkylation sites (tertiary alicyclic amines) is 1. The molecule has 0 aromatic heterocycles. The van der Waals surface area contributed by atoms with Crippen LogP contribution < -0.4 is 0 Å². The highest BCUT2D eigenvalue weighted by Crippen LogP contribution is 2.07. The van der Waals surface area contributed by atoms with Crippen LogP contribution in [-0.4, -0.2) is 62.3 Å². The molecule has 1 heterocycles. The van der Waals surface area contributed by atoms with Crippen LogP contribution in [0, 0.1) is 0 Å². The van der Waals surface area contributed by atoms with Crippen LogP contribution in [0.5, 0.6) is 0 Å². The lowest BCUT2D eigenvalue weighted by Gasteiger charge is -2.28. The molecule has 0 saturated carbocycles. The zero-order valence-electron chi connectivity index (χ0n) is 12.0. The summed E-state index contributed by atoms with van der Waals surface area (Å²) < 4.78 is 5.70. The number of nitrogens with zero attached hydrogens (tertiary/aromatic N) is 2. The zero-order valence-corrected chi connectivity index (χ0v) is 12.0. The first-order chi connectivity index (χ1) is 8.22. The van der Waals surface area contributed by atoms with Crippen LogP contribution >= 0.6 is 0 Å². The molecule has 1 fully saturated rings. The van der Waals surface area contributed by atoms with Crippen molar-refractivity contribution in [2.24, 2.45) is 0 Å². The molecule has 1 aliphatic heterocycles. The summed E-state index contributed by atoms with van der Waals surface area (Å²) in [6.07, 6.45) is 5.72. The largest absolute Gasteiger partial charge is 0.377 e. The smallest absolute Gasteiger partial charge is 0.0596 e. The first-order valence-electron chi connectivity index (χ1n) is 7.25. The van der Waals surface area contributed by atoms with E-state index in [1.54, 1.807) is 0 Å². The van der Waals surface area contributed by atoms with Crippen LogP contribution in [-0.2, 0) is 4.74 Å². The van der Waals surface area contributed by atoms with Crippen LogP contribution in [0.4, 0.5) is 0 Å². The average Bonchev–Trinajstić information content (AvgIpc) is 2.37. The SMILES string of the molecule is CCC(C)OCCN(C)CCN1CCCCC1. The molecule has 0 radical (unpaired) electrons. The summed E-state index contributed by atoms with van der Waals surface area (Å²) in [5.74, 6) is 0. The van der Waals surface area contributed by atoms with Crippen molar-refractivity contribution in [1.29, 1.82) is 0 Å². The molecule has 0 amide bonds. The molecule has 1 rings (SSSR count). The molecule has 3 nitrogen and oxygen atoms in total. The van der Waals surface area contributed by atoms with Gasteiger partial charge in [0.2, 0.25) is 0 Å². The molecule has 1 saturated heterocycles. The van der Waals surface area contributed by atoms with Gasteiger partial charge in [0.05, 0.1) is 12.7 Å². The number of hydrogen-bond donors (Lipinski definition) is 0. The molecule has 0 spiro atoms. The number of likely N-dealkylation sites (N-methyl/N-ethyl adjacent to an activating group) is 1. The predicted octanol–water partition coefficient (Wildman–Crippen LogP) is 2.22. The first kappa shape index (κ1) is 14.9. The lowest BCUT2D eigenvalue weighted by Crippen LogP contribution is -2.37. The Labute approximate surface area is 107 Å². The molecule has 0 aromatic rings. The number of hydrogen-bond acceptors (Lipinski definition) is 3. The normalized spacial score (nSPS) is 19.8. The summed E-state index contributed by atoms with van der Waals surface area (Å²) in [5.41, 5.74) is 0. The van der Waals surface area contributed by atoms with E-state index in [0.29, 0.717) is 6.10 Å². The molecule has 3 heteroatoms. The second kappa shape index (κ2) is 8.90. The maximum absolute atomic E-state index is 5.70. The number of rotatable bonds is 8. The minimum Gasteiger partial charge on any atom is -0.377 e. The van der Waals surface area contributed by atoms with Crippen LogP contribution in [0.2, 0.25) is 0 Å². The highest BCUT2D eigenvalue weighted by molar-refractivity contribution is 4.66. The third kappa shape index (κ3) is 7.02. The van der Waals surface area contributed by atoms with Gasteiger partial charge >= 0.3 is 0 Å². The molecule has 0 bridgehead atoms. The van der Waals surface area contributed by atoms with Crippen molar-refractivity contribution < 1.29 is 4.74 Å². The monoisotopic (exact) mass is 242 g/mol. The Kier molecular flexibility index (Phi) is 7.82. The molecule has 1 aliphatic rings. The minimum atomic E-state index is 0.408. The summed E-state index contributed by atoms with van der Waals surface area (Å²) in [6.45, 7) is 11.2. The van der Waals surface area contributed by atoms with Crippen molar-refractivity contribution >= 4 is 0 Å². The van der Waals surface area contributed by atoms with Crippen LogP contribution in [0.3, 0.4) is 0 Å². The predicted molar refractivity (Wildman–Crippen MR) is 73.5 cm³/mol. The summed E-state index contributed by atoms with van der Waals surface area (Å²) >= 11 is 0. The van der Waals surface area contributed by atoms with E-state index in [-0.39, 0.29) is 0 Å². The summed E-state index contributed by atoms with van der Waals surface area (Å²) in [4.78, 5) is 4.98. The van der Waals surface area contributed by atoms with E-state index < -0.39 is 0 Å². The Morgan fingerprint density at radius 2 is 1.88 bits per heavy atom. The maximum atomic E-state index is 5.70. The third-order valence-electron chi connectivity index (χ3n) is 3.70. The molecular formula is C14H30N2O. The first-order valence-corrected chi connectivity index (χ1v) is 7.25. The Morgan fingerprint density at radius 1 is 1.18 bits per heavy atom. The highest BCUT2D eigenvalue weighted by atomic mass is 16.5. The van der Waals surface area contributed by atoms with Crippen molar-refractivity contribution in [2.75, 3.05) is 46.4 Å². The molecular weight excluding hydrogens is 212 g/mol. The van der Waals surface area contributed by atoms with Crippen LogP contribution in [0.1, 0.15) is 39.5 Å². The molecule has 0 aromatic carbocycles. The van der Waals surface area contributed by atoms with Gasteiger partial charge in [0.25, 0.3) is 0 Å². The molecule has 17 heavy (non-hydrogen) atoms. The molecule has 0 aliphatic carbocycles. The van der Waals surface area contributed by atoms with E-state index in [0.717, 1.165) is 19.6 Å². The van der Waals surface area contributed by atoms with Crippen molar-refractivity contribution in [1.82, 2.24) is 9.80 Å². The molecule has 102 valence electrons. The minimum absolute atomic E-state index is 0.408. The van der Waals surface area contributed by atoms with Crippen LogP contribution in [0.25, 0.3) is 0 Å². The fourth-order valence-corrected chi connectivity index (χ4v) is 2.13. The zero-order chi connectivity index (χ0) is 12.5. The van der Waals surface area contributed by atoms with Crippen molar-refractivity contribution in [3.05, 3.63) is 0 Å². The Morgan fingerprint density at radius 3 is 2.53 bits per heavy atom. The van der Waals surface area contributed by atoms with Gasteiger partial charge in [0.1, 0.15) is 0 Å². The summed E-state index contributed by atoms with van der Waals surface area (Å²) in [6, 6.07) is 0. The Bertz CT molecular complexity index is 181. The van der Waals surface area contributed by atoms with Crippen molar-refractivity contribution in [2.45, 2.75) is 45.6 Å². The standard InChI is InChI=1S/C14H30N2O/c1-4-14(2)17-13-12-15(3)10-11-16-8-6-5-7-9-16/h14H,4-13H2,1-3H3. The van der Waals surface area contributed by atoms with Gasteiger partial charge in [0.15, 0.2) is 0 Å². The Hall–Kier alpha value is -0.120. The van der Waals surface area contributed by atoms with E-state index in [1.165, 1.54) is 45.4 Å². The third-order valence-corrected chi connectivity index (χ3v) is 3.70. The fourth-order valence-electron chi connectivity index (χ4n) is 2.13. The van der Waals surface area contributed by atoms with E-state index in [4.69, 9.17) is 4.74 Å². The topological polar surface area (TPSA) is 15.7 Å². The molecule has 1 atom stereocenters. The summed E-state index contributed by atoms with van der Waals surface area (Å²) in [7, 11) is 2.20.